The molecule has 0 aromatic carbocycles. The Morgan fingerprint density at radius 3 is 2.89 bits per heavy atom. The first kappa shape index (κ1) is 19.5. The molecule has 0 spiro atoms. The minimum Gasteiger partial charge on any atom is -0.488 e. The summed E-state index contributed by atoms with van der Waals surface area (Å²) in [6, 6.07) is 3.40. The van der Waals surface area contributed by atoms with Crippen molar-refractivity contribution in [3.05, 3.63) is 83.4 Å². The van der Waals surface area contributed by atoms with E-state index in [-0.39, 0.29) is 18.3 Å². The Balaban J connectivity index is 1.64. The quantitative estimate of drug-likeness (QED) is 0.543. The van der Waals surface area contributed by atoms with Crippen LogP contribution >= 0.6 is 0 Å². The van der Waals surface area contributed by atoms with Gasteiger partial charge in [-0.05, 0) is 37.6 Å². The van der Waals surface area contributed by atoms with Crippen LogP contribution in [-0.2, 0) is 24.4 Å². The molecule has 7 heteroatoms. The predicted octanol–water partition coefficient (Wildman–Crippen LogP) is 3.54. The number of halogens is 1. The van der Waals surface area contributed by atoms with E-state index in [1.165, 1.54) is 6.20 Å². The zero-order valence-electron chi connectivity index (χ0n) is 16.1. The predicted molar refractivity (Wildman–Crippen MR) is 104 cm³/mol. The summed E-state index contributed by atoms with van der Waals surface area (Å²) in [6.45, 7) is 9.12. The topological polar surface area (TPSA) is 60.2 Å². The summed E-state index contributed by atoms with van der Waals surface area (Å²) in [5, 5.41) is 4.44. The highest BCUT2D eigenvalue weighted by atomic mass is 19.1. The molecule has 146 valence electrons. The summed E-state index contributed by atoms with van der Waals surface area (Å²) in [7, 11) is 0. The van der Waals surface area contributed by atoms with Crippen LogP contribution in [0, 0.1) is 12.7 Å². The lowest BCUT2D eigenvalue weighted by Gasteiger charge is -2.27. The Bertz CT molecular complexity index is 946. The number of allylic oxidation sites excluding steroid dienone is 4. The van der Waals surface area contributed by atoms with E-state index in [0.717, 1.165) is 0 Å². The molecule has 0 unspecified atom stereocenters. The van der Waals surface area contributed by atoms with Crippen LogP contribution in [0.15, 0.2) is 55.0 Å². The average molecular weight is 382 g/mol. The Morgan fingerprint density at radius 1 is 1.32 bits per heavy atom. The van der Waals surface area contributed by atoms with Gasteiger partial charge < -0.3 is 9.64 Å². The van der Waals surface area contributed by atoms with Crippen LogP contribution in [0.1, 0.15) is 34.4 Å². The smallest absolute Gasteiger partial charge is 0.272 e. The molecule has 0 N–H and O–H groups in total. The van der Waals surface area contributed by atoms with Gasteiger partial charge in [0.2, 0.25) is 0 Å². The van der Waals surface area contributed by atoms with Gasteiger partial charge in [0.25, 0.3) is 5.91 Å². The van der Waals surface area contributed by atoms with Crippen molar-refractivity contribution >= 4 is 5.91 Å². The van der Waals surface area contributed by atoms with E-state index in [1.807, 2.05) is 25.2 Å². The summed E-state index contributed by atoms with van der Waals surface area (Å²) in [5.41, 5.74) is 2.36. The van der Waals surface area contributed by atoms with Crippen molar-refractivity contribution in [1.82, 2.24) is 19.7 Å². The van der Waals surface area contributed by atoms with Gasteiger partial charge in [-0.1, -0.05) is 24.8 Å². The lowest BCUT2D eigenvalue weighted by Crippen LogP contribution is -2.40. The van der Waals surface area contributed by atoms with Crippen molar-refractivity contribution < 1.29 is 13.9 Å². The van der Waals surface area contributed by atoms with Crippen LogP contribution in [0.2, 0.25) is 0 Å². The number of fused-ring (bicyclic) bond motifs is 1. The number of rotatable bonds is 7. The molecular weight excluding hydrogens is 359 g/mol. The van der Waals surface area contributed by atoms with Crippen molar-refractivity contribution in [2.45, 2.75) is 33.5 Å². The molecule has 0 radical (unpaired) electrons. The van der Waals surface area contributed by atoms with Gasteiger partial charge in [0.05, 0.1) is 25.0 Å². The molecule has 0 saturated heterocycles. The van der Waals surface area contributed by atoms with Crippen LogP contribution in [0.4, 0.5) is 4.39 Å². The second-order valence-electron chi connectivity index (χ2n) is 6.54. The van der Waals surface area contributed by atoms with Crippen molar-refractivity contribution in [3.8, 4) is 0 Å². The van der Waals surface area contributed by atoms with E-state index in [9.17, 15) is 9.18 Å². The zero-order chi connectivity index (χ0) is 20.1. The fraction of sp³-hybridized carbons (Fsp3) is 0.286. The summed E-state index contributed by atoms with van der Waals surface area (Å²) < 4.78 is 20.7. The molecule has 3 heterocycles. The molecule has 28 heavy (non-hydrogen) atoms. The maximum Gasteiger partial charge on any atom is 0.272 e. The third kappa shape index (κ3) is 4.54. The number of aromatic nitrogens is 3. The van der Waals surface area contributed by atoms with E-state index < -0.39 is 0 Å². The van der Waals surface area contributed by atoms with Gasteiger partial charge in [0.1, 0.15) is 29.6 Å². The fourth-order valence-electron chi connectivity index (χ4n) is 2.88. The Hall–Kier alpha value is -3.22. The number of hydrogen-bond acceptors (Lipinski definition) is 4. The number of aryl methyl sites for hydroxylation is 1. The van der Waals surface area contributed by atoms with E-state index in [0.29, 0.717) is 48.0 Å². The molecule has 6 nitrogen and oxygen atoms in total. The molecule has 2 aromatic rings. The summed E-state index contributed by atoms with van der Waals surface area (Å²) in [4.78, 5) is 18.6. The van der Waals surface area contributed by atoms with Gasteiger partial charge in [-0.2, -0.15) is 5.10 Å². The maximum absolute atomic E-state index is 13.4. The van der Waals surface area contributed by atoms with Crippen LogP contribution in [0.5, 0.6) is 0 Å². The van der Waals surface area contributed by atoms with E-state index in [4.69, 9.17) is 4.74 Å². The number of hydrogen-bond donors (Lipinski definition) is 0. The first-order valence-electron chi connectivity index (χ1n) is 9.06. The van der Waals surface area contributed by atoms with Crippen LogP contribution < -0.4 is 0 Å². The number of pyridine rings is 1. The van der Waals surface area contributed by atoms with Crippen LogP contribution in [-0.4, -0.2) is 32.1 Å². The number of amides is 1. The van der Waals surface area contributed by atoms with Gasteiger partial charge in [-0.15, -0.1) is 0 Å². The van der Waals surface area contributed by atoms with Crippen LogP contribution in [0.3, 0.4) is 0 Å². The van der Waals surface area contributed by atoms with E-state index in [2.05, 4.69) is 16.7 Å². The summed E-state index contributed by atoms with van der Waals surface area (Å²) in [6.07, 6.45) is 8.59. The second-order valence-corrected chi connectivity index (χ2v) is 6.54. The Labute approximate surface area is 163 Å². The standard InChI is InChI=1S/C21H23FN4O2/c1-4-5-6-7-16(3)28-14-18-11-20-21(27)25(8-9-26(20)24-18)13-17-10-15(2)19(22)12-23-17/h4-7,10-12H,3,8-9,13-14H2,1-2H3. The van der Waals surface area contributed by atoms with Crippen LogP contribution in [0.25, 0.3) is 0 Å². The summed E-state index contributed by atoms with van der Waals surface area (Å²) in [5.74, 6) is 0.0500. The highest BCUT2D eigenvalue weighted by Gasteiger charge is 2.27. The highest BCUT2D eigenvalue weighted by Crippen LogP contribution is 2.18. The van der Waals surface area contributed by atoms with E-state index >= 15 is 0 Å². The molecule has 2 aromatic heterocycles. The van der Waals surface area contributed by atoms with Crippen molar-refractivity contribution in [2.75, 3.05) is 6.54 Å². The number of carbonyl (C=O) groups excluding carboxylic acids is 1. The third-order valence-corrected chi connectivity index (χ3v) is 4.37. The largest absolute Gasteiger partial charge is 0.488 e. The first-order valence-corrected chi connectivity index (χ1v) is 9.06. The second kappa shape index (κ2) is 8.65. The normalized spacial score (nSPS) is 14.1. The average Bonchev–Trinajstić information content (AvgIpc) is 3.10. The molecule has 1 amide bonds. The SMILES string of the molecule is C=C(C=CC=CC)OCc1cc2n(n1)CCN(Cc1cc(C)c(F)cn1)C2=O. The molecule has 0 fully saturated rings. The van der Waals surface area contributed by atoms with Crippen molar-refractivity contribution in [2.24, 2.45) is 0 Å². The molecule has 0 aliphatic carbocycles. The number of ether oxygens (including phenoxy) is 1. The maximum atomic E-state index is 13.4. The van der Waals surface area contributed by atoms with Gasteiger partial charge in [0, 0.05) is 6.54 Å². The zero-order valence-corrected chi connectivity index (χ0v) is 16.1. The molecule has 0 saturated carbocycles. The fourth-order valence-corrected chi connectivity index (χ4v) is 2.88. The minimum absolute atomic E-state index is 0.124. The molecule has 0 atom stereocenters. The van der Waals surface area contributed by atoms with Gasteiger partial charge in [-0.25, -0.2) is 4.39 Å². The van der Waals surface area contributed by atoms with E-state index in [1.54, 1.807) is 34.7 Å². The third-order valence-electron chi connectivity index (χ3n) is 4.37. The van der Waals surface area contributed by atoms with Crippen molar-refractivity contribution in [1.29, 1.82) is 0 Å². The minimum atomic E-state index is -0.349. The molecular formula is C21H23FN4O2. The lowest BCUT2D eigenvalue weighted by atomic mass is 10.2. The van der Waals surface area contributed by atoms with Gasteiger partial charge >= 0.3 is 0 Å². The number of carbonyl (C=O) groups is 1. The molecule has 1 aliphatic heterocycles. The van der Waals surface area contributed by atoms with Gasteiger partial charge in [-0.3, -0.25) is 14.5 Å². The Morgan fingerprint density at radius 2 is 2.14 bits per heavy atom. The summed E-state index contributed by atoms with van der Waals surface area (Å²) >= 11 is 0. The van der Waals surface area contributed by atoms with Crippen molar-refractivity contribution in [3.63, 3.8) is 0 Å². The molecule has 0 bridgehead atoms. The monoisotopic (exact) mass is 382 g/mol. The molecule has 1 aliphatic rings. The molecule has 3 rings (SSSR count). The highest BCUT2D eigenvalue weighted by molar-refractivity contribution is 5.93. The number of nitrogens with zero attached hydrogens (tertiary/aromatic N) is 4. The van der Waals surface area contributed by atoms with Gasteiger partial charge in [0.15, 0.2) is 0 Å². The Kier molecular flexibility index (Phi) is 6.03. The first-order chi connectivity index (χ1) is 13.5. The lowest BCUT2D eigenvalue weighted by molar-refractivity contribution is 0.0681.